The molecule has 0 aliphatic carbocycles. The molecule has 11 rings (SSSR count). The van der Waals surface area contributed by atoms with Crippen LogP contribution in [0.1, 0.15) is 0 Å². The van der Waals surface area contributed by atoms with E-state index < -0.39 is 0 Å². The van der Waals surface area contributed by atoms with Gasteiger partial charge in [-0.2, -0.15) is 0 Å². The van der Waals surface area contributed by atoms with E-state index in [9.17, 15) is 0 Å². The second kappa shape index (κ2) is 12.1. The first-order valence-corrected chi connectivity index (χ1v) is 18.0. The van der Waals surface area contributed by atoms with Gasteiger partial charge in [0.05, 0.1) is 16.9 Å². The fourth-order valence-corrected chi connectivity index (χ4v) is 7.79. The minimum atomic E-state index is 0.640. The quantitative estimate of drug-likeness (QED) is 0.180. The van der Waals surface area contributed by atoms with E-state index in [4.69, 9.17) is 18.8 Å². The van der Waals surface area contributed by atoms with Crippen molar-refractivity contribution >= 4 is 54.8 Å². The lowest BCUT2D eigenvalue weighted by atomic mass is 9.95. The minimum absolute atomic E-state index is 0.640. The fraction of sp³-hybridized carbons (Fsp3) is 0. The fourth-order valence-electron chi connectivity index (χ4n) is 7.79. The van der Waals surface area contributed by atoms with Crippen LogP contribution in [-0.4, -0.2) is 15.0 Å². The Morgan fingerprint density at radius 3 is 1.93 bits per heavy atom. The molecule has 0 N–H and O–H groups in total. The number of hydrogen-bond donors (Lipinski definition) is 0. The number of furan rings is 2. The molecule has 0 saturated heterocycles. The van der Waals surface area contributed by atoms with Gasteiger partial charge in [0.15, 0.2) is 5.82 Å². The third-order valence-electron chi connectivity index (χ3n) is 10.4. The Labute approximate surface area is 309 Å². The molecular weight excluding hydrogens is 663 g/mol. The predicted octanol–water partition coefficient (Wildman–Crippen LogP) is 13.2. The zero-order chi connectivity index (χ0) is 35.6. The summed E-state index contributed by atoms with van der Waals surface area (Å²) < 4.78 is 13.0. The standard InChI is InChI=1S/C49H29N3O2/c1-2-10-31(11-3-1)42-29-43(52-49(51-42)32-21-19-30(20-22-32)34-14-8-16-41-36(34)15-9-27-50-41)39-26-25-35(47-40-13-5-7-18-45(40)54-48(39)47)33-23-24-38-37-12-4-6-17-44(37)53-46(38)28-33/h1-29H. The summed E-state index contributed by atoms with van der Waals surface area (Å²) in [6, 6.07) is 58.3. The van der Waals surface area contributed by atoms with Crippen LogP contribution >= 0.6 is 0 Å². The number of benzene rings is 7. The Bertz CT molecular complexity index is 3210. The van der Waals surface area contributed by atoms with Gasteiger partial charge in [0.1, 0.15) is 22.3 Å². The molecule has 11 aromatic rings. The number of rotatable bonds is 5. The van der Waals surface area contributed by atoms with Crippen LogP contribution in [-0.2, 0) is 0 Å². The van der Waals surface area contributed by atoms with Gasteiger partial charge in [-0.3, -0.25) is 4.98 Å². The lowest BCUT2D eigenvalue weighted by Crippen LogP contribution is -1.96. The summed E-state index contributed by atoms with van der Waals surface area (Å²) in [5.41, 5.74) is 13.1. The molecular formula is C49H29N3O2. The van der Waals surface area contributed by atoms with E-state index in [-0.39, 0.29) is 0 Å². The smallest absolute Gasteiger partial charge is 0.160 e. The van der Waals surface area contributed by atoms with Crippen LogP contribution in [0.25, 0.3) is 111 Å². The minimum Gasteiger partial charge on any atom is -0.456 e. The van der Waals surface area contributed by atoms with E-state index in [0.29, 0.717) is 5.82 Å². The summed E-state index contributed by atoms with van der Waals surface area (Å²) >= 11 is 0. The van der Waals surface area contributed by atoms with Crippen LogP contribution in [0, 0.1) is 0 Å². The first kappa shape index (κ1) is 30.3. The summed E-state index contributed by atoms with van der Waals surface area (Å²) in [4.78, 5) is 14.9. The first-order valence-electron chi connectivity index (χ1n) is 18.0. The number of fused-ring (bicyclic) bond motifs is 7. The summed E-state index contributed by atoms with van der Waals surface area (Å²) in [6.45, 7) is 0. The molecule has 0 spiro atoms. The van der Waals surface area contributed by atoms with E-state index in [0.717, 1.165) is 105 Å². The number of hydrogen-bond acceptors (Lipinski definition) is 5. The van der Waals surface area contributed by atoms with Crippen LogP contribution in [0.2, 0.25) is 0 Å². The Kier molecular flexibility index (Phi) is 6.79. The molecule has 5 nitrogen and oxygen atoms in total. The highest BCUT2D eigenvalue weighted by Gasteiger charge is 2.20. The summed E-state index contributed by atoms with van der Waals surface area (Å²) in [6.07, 6.45) is 1.83. The topological polar surface area (TPSA) is 65.0 Å². The van der Waals surface area contributed by atoms with E-state index in [1.807, 2.05) is 66.9 Å². The Morgan fingerprint density at radius 2 is 1.06 bits per heavy atom. The highest BCUT2D eigenvalue weighted by molar-refractivity contribution is 6.17. The zero-order valence-corrected chi connectivity index (χ0v) is 28.9. The molecule has 54 heavy (non-hydrogen) atoms. The SMILES string of the molecule is c1ccc(-c2cc(-c3ccc(-c4ccc5c(c4)oc4ccccc45)c4c3oc3ccccc34)nc(-c3ccc(-c4cccc5ncccc45)cc3)n2)cc1. The van der Waals surface area contributed by atoms with E-state index in [2.05, 4.69) is 114 Å². The number of aromatic nitrogens is 3. The summed E-state index contributed by atoms with van der Waals surface area (Å²) in [5.74, 6) is 0.640. The van der Waals surface area contributed by atoms with Gasteiger partial charge in [0.25, 0.3) is 0 Å². The van der Waals surface area contributed by atoms with Crippen molar-refractivity contribution in [1.29, 1.82) is 0 Å². The van der Waals surface area contributed by atoms with Crippen LogP contribution in [0.4, 0.5) is 0 Å². The van der Waals surface area contributed by atoms with Crippen molar-refractivity contribution < 1.29 is 8.83 Å². The molecule has 0 aliphatic rings. The molecule has 4 heterocycles. The van der Waals surface area contributed by atoms with Crippen molar-refractivity contribution in [3.8, 4) is 56.2 Å². The van der Waals surface area contributed by atoms with Gasteiger partial charge in [-0.1, -0.05) is 121 Å². The maximum atomic E-state index is 6.74. The lowest BCUT2D eigenvalue weighted by Gasteiger charge is -2.12. The average Bonchev–Trinajstić information content (AvgIpc) is 3.82. The van der Waals surface area contributed by atoms with Crippen molar-refractivity contribution in [3.05, 3.63) is 176 Å². The van der Waals surface area contributed by atoms with E-state index >= 15 is 0 Å². The van der Waals surface area contributed by atoms with Crippen molar-refractivity contribution in [3.63, 3.8) is 0 Å². The second-order valence-corrected chi connectivity index (χ2v) is 13.6. The van der Waals surface area contributed by atoms with Gasteiger partial charge >= 0.3 is 0 Å². The average molecular weight is 692 g/mol. The summed E-state index contributed by atoms with van der Waals surface area (Å²) in [7, 11) is 0. The Balaban J connectivity index is 1.09. The molecule has 0 bridgehead atoms. The Hall–Kier alpha value is -7.37. The molecule has 5 heteroatoms. The van der Waals surface area contributed by atoms with Gasteiger partial charge in [0, 0.05) is 49.8 Å². The van der Waals surface area contributed by atoms with Crippen molar-refractivity contribution in [2.45, 2.75) is 0 Å². The Morgan fingerprint density at radius 1 is 0.370 bits per heavy atom. The molecule has 0 fully saturated rings. The number of para-hydroxylation sites is 2. The third kappa shape index (κ3) is 4.90. The van der Waals surface area contributed by atoms with Gasteiger partial charge in [-0.15, -0.1) is 0 Å². The first-order chi connectivity index (χ1) is 26.7. The largest absolute Gasteiger partial charge is 0.456 e. The third-order valence-corrected chi connectivity index (χ3v) is 10.4. The predicted molar refractivity (Wildman–Crippen MR) is 219 cm³/mol. The van der Waals surface area contributed by atoms with Gasteiger partial charge in [-0.25, -0.2) is 9.97 Å². The summed E-state index contributed by atoms with van der Waals surface area (Å²) in [5, 5.41) is 5.42. The molecule has 0 radical (unpaired) electrons. The molecule has 0 atom stereocenters. The maximum Gasteiger partial charge on any atom is 0.160 e. The van der Waals surface area contributed by atoms with Gasteiger partial charge < -0.3 is 8.83 Å². The molecule has 0 saturated carbocycles. The second-order valence-electron chi connectivity index (χ2n) is 13.6. The highest BCUT2D eigenvalue weighted by atomic mass is 16.3. The van der Waals surface area contributed by atoms with Crippen LogP contribution in [0.5, 0.6) is 0 Å². The zero-order valence-electron chi connectivity index (χ0n) is 28.9. The number of pyridine rings is 1. The van der Waals surface area contributed by atoms with Crippen LogP contribution < -0.4 is 0 Å². The molecule has 252 valence electrons. The van der Waals surface area contributed by atoms with E-state index in [1.54, 1.807) is 0 Å². The molecule has 7 aromatic carbocycles. The molecule has 4 aromatic heterocycles. The van der Waals surface area contributed by atoms with Crippen LogP contribution in [0.15, 0.2) is 185 Å². The highest BCUT2D eigenvalue weighted by Crippen LogP contribution is 2.43. The molecule has 0 unspecified atom stereocenters. The van der Waals surface area contributed by atoms with E-state index in [1.165, 1.54) is 0 Å². The monoisotopic (exact) mass is 691 g/mol. The van der Waals surface area contributed by atoms with Crippen LogP contribution in [0.3, 0.4) is 0 Å². The van der Waals surface area contributed by atoms with Crippen molar-refractivity contribution in [1.82, 2.24) is 15.0 Å². The van der Waals surface area contributed by atoms with Gasteiger partial charge in [-0.05, 0) is 70.8 Å². The lowest BCUT2D eigenvalue weighted by molar-refractivity contribution is 0.668. The normalized spacial score (nSPS) is 11.7. The molecule has 0 aliphatic heterocycles. The van der Waals surface area contributed by atoms with Crippen molar-refractivity contribution in [2.24, 2.45) is 0 Å². The van der Waals surface area contributed by atoms with Gasteiger partial charge in [0.2, 0.25) is 0 Å². The number of nitrogens with zero attached hydrogens (tertiary/aromatic N) is 3. The molecule has 0 amide bonds. The maximum absolute atomic E-state index is 6.74. The van der Waals surface area contributed by atoms with Crippen molar-refractivity contribution in [2.75, 3.05) is 0 Å².